The maximum Gasteiger partial charge on any atom is 0.273 e. The van der Waals surface area contributed by atoms with Crippen LogP contribution in [0.2, 0.25) is 0 Å². The summed E-state index contributed by atoms with van der Waals surface area (Å²) in [7, 11) is 3.17. The van der Waals surface area contributed by atoms with Gasteiger partial charge in [-0.25, -0.2) is 4.98 Å². The summed E-state index contributed by atoms with van der Waals surface area (Å²) in [6.45, 7) is 0.563. The fourth-order valence-corrected chi connectivity index (χ4v) is 4.76. The number of amides is 1. The smallest absolute Gasteiger partial charge is 0.273 e. The van der Waals surface area contributed by atoms with Gasteiger partial charge in [-0.2, -0.15) is 0 Å². The average molecular weight is 428 g/mol. The standard InChI is InChI=1S/C22H25N3O4S/c1-27-14-9-10-18(28-2)15(12-14)19-13-17(25-29-19)22(26)23-11-5-8-21-24-16-6-3-4-7-20(16)30-21/h9-10,12-13H,3-8,11H2,1-2H3,(H,23,26). The van der Waals surface area contributed by atoms with E-state index in [0.29, 0.717) is 29.4 Å². The maximum absolute atomic E-state index is 12.4. The van der Waals surface area contributed by atoms with Crippen molar-refractivity contribution in [3.8, 4) is 22.8 Å². The third-order valence-corrected chi connectivity index (χ3v) is 6.38. The molecule has 158 valence electrons. The van der Waals surface area contributed by atoms with Crippen LogP contribution in [0, 0.1) is 0 Å². The third-order valence-electron chi connectivity index (χ3n) is 5.16. The number of aromatic nitrogens is 2. The fourth-order valence-electron chi connectivity index (χ4n) is 3.56. The topological polar surface area (TPSA) is 86.5 Å². The van der Waals surface area contributed by atoms with Crippen LogP contribution in [0.15, 0.2) is 28.8 Å². The van der Waals surface area contributed by atoms with E-state index < -0.39 is 0 Å². The minimum absolute atomic E-state index is 0.236. The molecule has 0 spiro atoms. The van der Waals surface area contributed by atoms with Crippen molar-refractivity contribution in [1.29, 1.82) is 0 Å². The largest absolute Gasteiger partial charge is 0.497 e. The minimum Gasteiger partial charge on any atom is -0.497 e. The molecule has 8 heteroatoms. The molecule has 0 unspecified atom stereocenters. The number of nitrogens with one attached hydrogen (secondary N) is 1. The first-order chi connectivity index (χ1) is 14.7. The van der Waals surface area contributed by atoms with E-state index in [1.807, 2.05) is 11.3 Å². The van der Waals surface area contributed by atoms with E-state index in [4.69, 9.17) is 19.0 Å². The Morgan fingerprint density at radius 1 is 1.20 bits per heavy atom. The van der Waals surface area contributed by atoms with Gasteiger partial charge in [-0.1, -0.05) is 5.16 Å². The van der Waals surface area contributed by atoms with Crippen LogP contribution < -0.4 is 14.8 Å². The van der Waals surface area contributed by atoms with E-state index in [1.54, 1.807) is 38.5 Å². The maximum atomic E-state index is 12.4. The number of nitrogens with zero attached hydrogens (tertiary/aromatic N) is 2. The predicted molar refractivity (Wildman–Crippen MR) is 114 cm³/mol. The summed E-state index contributed by atoms with van der Waals surface area (Å²) >= 11 is 1.82. The Morgan fingerprint density at radius 3 is 2.87 bits per heavy atom. The van der Waals surface area contributed by atoms with Crippen molar-refractivity contribution >= 4 is 17.2 Å². The van der Waals surface area contributed by atoms with Gasteiger partial charge in [-0.05, 0) is 50.3 Å². The second kappa shape index (κ2) is 9.30. The van der Waals surface area contributed by atoms with Gasteiger partial charge in [-0.15, -0.1) is 11.3 Å². The fraction of sp³-hybridized carbons (Fsp3) is 0.409. The van der Waals surface area contributed by atoms with Crippen LogP contribution in [0.4, 0.5) is 0 Å². The second-order valence-electron chi connectivity index (χ2n) is 7.19. The highest BCUT2D eigenvalue weighted by molar-refractivity contribution is 7.11. The van der Waals surface area contributed by atoms with Crippen LogP contribution in [-0.4, -0.2) is 36.8 Å². The molecule has 0 atom stereocenters. The molecule has 1 aromatic carbocycles. The van der Waals surface area contributed by atoms with Crippen molar-refractivity contribution in [3.63, 3.8) is 0 Å². The van der Waals surface area contributed by atoms with Gasteiger partial charge in [0.05, 0.1) is 30.5 Å². The molecule has 2 heterocycles. The van der Waals surface area contributed by atoms with Gasteiger partial charge in [-0.3, -0.25) is 4.79 Å². The molecular weight excluding hydrogens is 402 g/mol. The minimum atomic E-state index is -0.259. The highest BCUT2D eigenvalue weighted by Gasteiger charge is 2.18. The van der Waals surface area contributed by atoms with E-state index in [9.17, 15) is 4.79 Å². The van der Waals surface area contributed by atoms with Gasteiger partial charge in [0.2, 0.25) is 0 Å². The molecule has 0 saturated carbocycles. The van der Waals surface area contributed by atoms with E-state index in [1.165, 1.54) is 28.4 Å². The number of hydrogen-bond donors (Lipinski definition) is 1. The lowest BCUT2D eigenvalue weighted by Gasteiger charge is -2.07. The zero-order valence-electron chi connectivity index (χ0n) is 17.2. The molecule has 2 aromatic heterocycles. The van der Waals surface area contributed by atoms with Crippen LogP contribution in [0.5, 0.6) is 11.5 Å². The van der Waals surface area contributed by atoms with E-state index in [-0.39, 0.29) is 11.6 Å². The second-order valence-corrected chi connectivity index (χ2v) is 8.35. The summed E-state index contributed by atoms with van der Waals surface area (Å²) in [6, 6.07) is 6.98. The summed E-state index contributed by atoms with van der Waals surface area (Å²) in [5.41, 5.74) is 2.20. The molecule has 3 aromatic rings. The molecule has 1 N–H and O–H groups in total. The van der Waals surface area contributed by atoms with Crippen LogP contribution in [-0.2, 0) is 19.3 Å². The molecular formula is C22H25N3O4S. The quantitative estimate of drug-likeness (QED) is 0.546. The zero-order valence-corrected chi connectivity index (χ0v) is 18.0. The van der Waals surface area contributed by atoms with Crippen molar-refractivity contribution in [2.45, 2.75) is 38.5 Å². The molecule has 4 rings (SSSR count). The lowest BCUT2D eigenvalue weighted by atomic mass is 10.0. The van der Waals surface area contributed by atoms with E-state index in [0.717, 1.165) is 25.7 Å². The third kappa shape index (κ3) is 4.48. The lowest BCUT2D eigenvalue weighted by Crippen LogP contribution is -2.25. The first-order valence-electron chi connectivity index (χ1n) is 10.1. The number of carbonyl (C=O) groups excluding carboxylic acids is 1. The summed E-state index contributed by atoms with van der Waals surface area (Å²) in [6.07, 6.45) is 6.50. The molecule has 30 heavy (non-hydrogen) atoms. The van der Waals surface area contributed by atoms with Crippen molar-refractivity contribution in [1.82, 2.24) is 15.5 Å². The number of carbonyl (C=O) groups is 1. The number of rotatable bonds is 8. The Bertz CT molecular complexity index is 1000. The molecule has 0 saturated heterocycles. The highest BCUT2D eigenvalue weighted by atomic mass is 32.1. The van der Waals surface area contributed by atoms with E-state index in [2.05, 4.69) is 10.5 Å². The van der Waals surface area contributed by atoms with Gasteiger partial charge in [0.15, 0.2) is 11.5 Å². The molecule has 0 bridgehead atoms. The van der Waals surface area contributed by atoms with Gasteiger partial charge >= 0.3 is 0 Å². The number of aryl methyl sites for hydroxylation is 3. The monoisotopic (exact) mass is 427 g/mol. The highest BCUT2D eigenvalue weighted by Crippen LogP contribution is 2.33. The number of hydrogen-bond acceptors (Lipinski definition) is 7. The first kappa shape index (κ1) is 20.4. The normalized spacial score (nSPS) is 13.0. The molecule has 0 radical (unpaired) electrons. The number of benzene rings is 1. The first-order valence-corrected chi connectivity index (χ1v) is 10.9. The van der Waals surface area contributed by atoms with Gasteiger partial charge < -0.3 is 19.3 Å². The number of ether oxygens (including phenoxy) is 2. The lowest BCUT2D eigenvalue weighted by molar-refractivity contribution is 0.0944. The summed E-state index contributed by atoms with van der Waals surface area (Å²) in [5.74, 6) is 1.47. The van der Waals surface area contributed by atoms with Crippen molar-refractivity contribution in [2.24, 2.45) is 0 Å². The molecule has 1 amide bonds. The molecule has 7 nitrogen and oxygen atoms in total. The Hall–Kier alpha value is -2.87. The van der Waals surface area contributed by atoms with Crippen molar-refractivity contribution < 1.29 is 18.8 Å². The Balaban J connectivity index is 1.33. The van der Waals surface area contributed by atoms with Crippen molar-refractivity contribution in [3.05, 3.63) is 45.5 Å². The van der Waals surface area contributed by atoms with Gasteiger partial charge in [0.25, 0.3) is 5.91 Å². The van der Waals surface area contributed by atoms with Gasteiger partial charge in [0.1, 0.15) is 11.5 Å². The Kier molecular flexibility index (Phi) is 6.32. The number of methoxy groups -OCH3 is 2. The molecule has 0 aliphatic heterocycles. The van der Waals surface area contributed by atoms with Crippen molar-refractivity contribution in [2.75, 3.05) is 20.8 Å². The molecule has 1 aliphatic rings. The van der Waals surface area contributed by atoms with E-state index >= 15 is 0 Å². The van der Waals surface area contributed by atoms with Crippen LogP contribution >= 0.6 is 11.3 Å². The number of thiazole rings is 1. The Morgan fingerprint density at radius 2 is 2.07 bits per heavy atom. The summed E-state index contributed by atoms with van der Waals surface area (Å²) in [5, 5.41) is 7.99. The molecule has 0 fully saturated rings. The average Bonchev–Trinajstić information content (AvgIpc) is 3.43. The van der Waals surface area contributed by atoms with Crippen LogP contribution in [0.1, 0.15) is 45.3 Å². The SMILES string of the molecule is COc1ccc(OC)c(-c2cc(C(=O)NCCCc3nc4c(s3)CCCC4)no2)c1. The van der Waals surface area contributed by atoms with Crippen LogP contribution in [0.25, 0.3) is 11.3 Å². The zero-order chi connectivity index (χ0) is 20.9. The predicted octanol–water partition coefficient (Wildman–Crippen LogP) is 4.06. The number of fused-ring (bicyclic) bond motifs is 1. The Labute approximate surface area is 179 Å². The summed E-state index contributed by atoms with van der Waals surface area (Å²) in [4.78, 5) is 18.6. The molecule has 1 aliphatic carbocycles. The van der Waals surface area contributed by atoms with Crippen LogP contribution in [0.3, 0.4) is 0 Å². The van der Waals surface area contributed by atoms with Gasteiger partial charge in [0, 0.05) is 23.9 Å². The summed E-state index contributed by atoms with van der Waals surface area (Å²) < 4.78 is 16.0.